The summed E-state index contributed by atoms with van der Waals surface area (Å²) in [6.45, 7) is 4.77. The minimum Gasteiger partial charge on any atom is -0.494 e. The number of ether oxygens (including phenoxy) is 2. The van der Waals surface area contributed by atoms with Gasteiger partial charge in [-0.3, -0.25) is 4.79 Å². The molecule has 0 bridgehead atoms. The Bertz CT molecular complexity index is 757. The van der Waals surface area contributed by atoms with Crippen LogP contribution in [-0.2, 0) is 24.2 Å². The van der Waals surface area contributed by atoms with E-state index < -0.39 is 6.10 Å². The third-order valence-electron chi connectivity index (χ3n) is 4.75. The second-order valence-electron chi connectivity index (χ2n) is 6.62. The van der Waals surface area contributed by atoms with Gasteiger partial charge in [-0.15, -0.1) is 0 Å². The standard InChI is InChI=1S/C22H27NO3/c1-3-25-20-13-7-5-10-18(20)15-23-22(24)16(2)26-21-14-8-11-17-9-4-6-12-19(17)21/h5,7-8,10-11,13-14,16H,3-4,6,9,12,15H2,1-2H3,(H,23,24). The Hall–Kier alpha value is -2.49. The Labute approximate surface area is 155 Å². The highest BCUT2D eigenvalue weighted by molar-refractivity contribution is 5.80. The predicted octanol–water partition coefficient (Wildman–Crippen LogP) is 4.05. The van der Waals surface area contributed by atoms with Gasteiger partial charge in [0.15, 0.2) is 6.10 Å². The number of amides is 1. The molecule has 1 unspecified atom stereocenters. The van der Waals surface area contributed by atoms with Crippen LogP contribution < -0.4 is 14.8 Å². The summed E-state index contributed by atoms with van der Waals surface area (Å²) in [6, 6.07) is 13.9. The Kier molecular flexibility index (Phi) is 6.16. The molecule has 0 aliphatic heterocycles. The molecule has 2 aromatic carbocycles. The number of para-hydroxylation sites is 1. The number of fused-ring (bicyclic) bond motifs is 1. The minimum atomic E-state index is -0.539. The maximum Gasteiger partial charge on any atom is 0.261 e. The molecular weight excluding hydrogens is 326 g/mol. The zero-order valence-corrected chi connectivity index (χ0v) is 15.6. The van der Waals surface area contributed by atoms with Crippen molar-refractivity contribution in [2.75, 3.05) is 6.61 Å². The van der Waals surface area contributed by atoms with Gasteiger partial charge in [-0.2, -0.15) is 0 Å². The van der Waals surface area contributed by atoms with Gasteiger partial charge in [0, 0.05) is 12.1 Å². The maximum absolute atomic E-state index is 12.5. The highest BCUT2D eigenvalue weighted by Crippen LogP contribution is 2.30. The molecule has 0 fully saturated rings. The number of aryl methyl sites for hydroxylation is 1. The van der Waals surface area contributed by atoms with Gasteiger partial charge >= 0.3 is 0 Å². The number of hydrogen-bond donors (Lipinski definition) is 1. The zero-order chi connectivity index (χ0) is 18.4. The summed E-state index contributed by atoms with van der Waals surface area (Å²) < 4.78 is 11.6. The van der Waals surface area contributed by atoms with Crippen molar-refractivity contribution in [1.29, 1.82) is 0 Å². The molecule has 4 heteroatoms. The number of rotatable bonds is 7. The van der Waals surface area contributed by atoms with Gasteiger partial charge in [0.1, 0.15) is 11.5 Å². The molecule has 3 rings (SSSR count). The average Bonchev–Trinajstić information content (AvgIpc) is 2.67. The molecule has 1 aliphatic rings. The molecule has 1 atom stereocenters. The summed E-state index contributed by atoms with van der Waals surface area (Å²) in [7, 11) is 0. The quantitative estimate of drug-likeness (QED) is 0.817. The lowest BCUT2D eigenvalue weighted by atomic mass is 9.91. The van der Waals surface area contributed by atoms with Crippen molar-refractivity contribution in [3.05, 3.63) is 59.2 Å². The summed E-state index contributed by atoms with van der Waals surface area (Å²) in [5, 5.41) is 2.95. The van der Waals surface area contributed by atoms with E-state index >= 15 is 0 Å². The van der Waals surface area contributed by atoms with Crippen LogP contribution in [0.25, 0.3) is 0 Å². The number of carbonyl (C=O) groups excluding carboxylic acids is 1. The monoisotopic (exact) mass is 353 g/mol. The Morgan fingerprint density at radius 3 is 2.69 bits per heavy atom. The first-order valence-electron chi connectivity index (χ1n) is 9.45. The Morgan fingerprint density at radius 2 is 1.85 bits per heavy atom. The minimum absolute atomic E-state index is 0.121. The zero-order valence-electron chi connectivity index (χ0n) is 15.6. The van der Waals surface area contributed by atoms with E-state index in [0.717, 1.165) is 29.9 Å². The van der Waals surface area contributed by atoms with E-state index in [-0.39, 0.29) is 5.91 Å². The summed E-state index contributed by atoms with van der Waals surface area (Å²) >= 11 is 0. The van der Waals surface area contributed by atoms with Crippen LogP contribution >= 0.6 is 0 Å². The third kappa shape index (κ3) is 4.37. The first kappa shape index (κ1) is 18.3. The van der Waals surface area contributed by atoms with Gasteiger partial charge in [0.2, 0.25) is 0 Å². The van der Waals surface area contributed by atoms with Gasteiger partial charge in [-0.05, 0) is 62.8 Å². The molecule has 0 heterocycles. The molecule has 1 amide bonds. The van der Waals surface area contributed by atoms with Crippen LogP contribution in [0.3, 0.4) is 0 Å². The molecule has 0 saturated heterocycles. The van der Waals surface area contributed by atoms with Crippen molar-refractivity contribution in [2.45, 2.75) is 52.2 Å². The van der Waals surface area contributed by atoms with E-state index in [2.05, 4.69) is 11.4 Å². The van der Waals surface area contributed by atoms with Crippen LogP contribution in [0.15, 0.2) is 42.5 Å². The maximum atomic E-state index is 12.5. The average molecular weight is 353 g/mol. The number of benzene rings is 2. The van der Waals surface area contributed by atoms with E-state index in [1.54, 1.807) is 6.92 Å². The van der Waals surface area contributed by atoms with Crippen molar-refractivity contribution in [3.63, 3.8) is 0 Å². The SMILES string of the molecule is CCOc1ccccc1CNC(=O)C(C)Oc1cccc2c1CCCC2. The molecular formula is C22H27NO3. The van der Waals surface area contributed by atoms with Gasteiger partial charge < -0.3 is 14.8 Å². The van der Waals surface area contributed by atoms with Gasteiger partial charge in [-0.1, -0.05) is 30.3 Å². The van der Waals surface area contributed by atoms with Gasteiger partial charge in [0.25, 0.3) is 5.91 Å². The highest BCUT2D eigenvalue weighted by atomic mass is 16.5. The van der Waals surface area contributed by atoms with Gasteiger partial charge in [-0.25, -0.2) is 0 Å². The fourth-order valence-electron chi connectivity index (χ4n) is 3.37. The molecule has 0 aromatic heterocycles. The lowest BCUT2D eigenvalue weighted by Crippen LogP contribution is -2.36. The smallest absolute Gasteiger partial charge is 0.261 e. The molecule has 138 valence electrons. The number of hydrogen-bond acceptors (Lipinski definition) is 3. The summed E-state index contributed by atoms with van der Waals surface area (Å²) in [5.41, 5.74) is 3.58. The van der Waals surface area contributed by atoms with Crippen LogP contribution in [0.1, 0.15) is 43.4 Å². The lowest BCUT2D eigenvalue weighted by Gasteiger charge is -2.22. The first-order valence-corrected chi connectivity index (χ1v) is 9.45. The van der Waals surface area contributed by atoms with Crippen molar-refractivity contribution >= 4 is 5.91 Å². The van der Waals surface area contributed by atoms with Crippen molar-refractivity contribution in [1.82, 2.24) is 5.32 Å². The van der Waals surface area contributed by atoms with E-state index in [1.165, 1.54) is 24.0 Å². The molecule has 0 radical (unpaired) electrons. The molecule has 26 heavy (non-hydrogen) atoms. The Morgan fingerprint density at radius 1 is 1.08 bits per heavy atom. The topological polar surface area (TPSA) is 47.6 Å². The summed E-state index contributed by atoms with van der Waals surface area (Å²) in [6.07, 6.45) is 4.00. The van der Waals surface area contributed by atoms with Crippen LogP contribution in [0.4, 0.5) is 0 Å². The first-order chi connectivity index (χ1) is 12.7. The van der Waals surface area contributed by atoms with Crippen molar-refractivity contribution < 1.29 is 14.3 Å². The summed E-state index contributed by atoms with van der Waals surface area (Å²) in [4.78, 5) is 12.5. The summed E-state index contributed by atoms with van der Waals surface area (Å²) in [5.74, 6) is 1.53. The van der Waals surface area contributed by atoms with Gasteiger partial charge in [0.05, 0.1) is 6.61 Å². The highest BCUT2D eigenvalue weighted by Gasteiger charge is 2.19. The van der Waals surface area contributed by atoms with Crippen molar-refractivity contribution in [2.24, 2.45) is 0 Å². The number of carbonyl (C=O) groups is 1. The molecule has 4 nitrogen and oxygen atoms in total. The lowest BCUT2D eigenvalue weighted by molar-refractivity contribution is -0.127. The predicted molar refractivity (Wildman–Crippen MR) is 103 cm³/mol. The third-order valence-corrected chi connectivity index (χ3v) is 4.75. The fraction of sp³-hybridized carbons (Fsp3) is 0.409. The van der Waals surface area contributed by atoms with Crippen LogP contribution in [0.2, 0.25) is 0 Å². The largest absolute Gasteiger partial charge is 0.494 e. The fourth-order valence-corrected chi connectivity index (χ4v) is 3.37. The molecule has 0 saturated carbocycles. The molecule has 1 N–H and O–H groups in total. The Balaban J connectivity index is 1.61. The molecule has 2 aromatic rings. The normalized spacial score (nSPS) is 14.2. The van der Waals surface area contributed by atoms with Crippen LogP contribution in [-0.4, -0.2) is 18.6 Å². The van der Waals surface area contributed by atoms with Crippen LogP contribution in [0.5, 0.6) is 11.5 Å². The van der Waals surface area contributed by atoms with Crippen molar-refractivity contribution in [3.8, 4) is 11.5 Å². The number of nitrogens with one attached hydrogen (secondary N) is 1. The van der Waals surface area contributed by atoms with Crippen LogP contribution in [0, 0.1) is 0 Å². The van der Waals surface area contributed by atoms with E-state index in [4.69, 9.17) is 9.47 Å². The molecule has 1 aliphatic carbocycles. The second kappa shape index (κ2) is 8.75. The van der Waals surface area contributed by atoms with E-state index in [1.807, 2.05) is 43.3 Å². The van der Waals surface area contributed by atoms with E-state index in [0.29, 0.717) is 13.2 Å². The van der Waals surface area contributed by atoms with E-state index in [9.17, 15) is 4.79 Å². The second-order valence-corrected chi connectivity index (χ2v) is 6.62. The molecule has 0 spiro atoms.